The zero-order chi connectivity index (χ0) is 15.2. The summed E-state index contributed by atoms with van der Waals surface area (Å²) < 4.78 is 5.59. The molecule has 7 heteroatoms. The number of aromatic nitrogens is 2. The van der Waals surface area contributed by atoms with E-state index in [1.807, 2.05) is 19.1 Å². The van der Waals surface area contributed by atoms with Crippen molar-refractivity contribution in [3.8, 4) is 11.5 Å². The van der Waals surface area contributed by atoms with Crippen LogP contribution < -0.4 is 10.6 Å². The fraction of sp³-hybridized carbons (Fsp3) is 0.429. The molecule has 0 fully saturated rings. The number of hydrogen-bond donors (Lipinski definition) is 3. The molecule has 3 N–H and O–H groups in total. The number of nitrogens with one attached hydrogen (secondary N) is 3. The molecule has 0 unspecified atom stereocenters. The van der Waals surface area contributed by atoms with Crippen LogP contribution in [0.15, 0.2) is 22.7 Å². The predicted molar refractivity (Wildman–Crippen MR) is 79.8 cm³/mol. The molecule has 0 radical (unpaired) electrons. The number of aryl methyl sites for hydroxylation is 1. The number of nitrogens with zero attached hydrogens (tertiary/aromatic N) is 2. The van der Waals surface area contributed by atoms with Crippen molar-refractivity contribution in [1.82, 2.24) is 25.7 Å². The Morgan fingerprint density at radius 2 is 2.19 bits per heavy atom. The molecule has 0 atom stereocenters. The lowest BCUT2D eigenvalue weighted by Gasteiger charge is -2.12. The molecule has 0 aliphatic heterocycles. The Balaban J connectivity index is 1.80. The molecular weight excluding hydrogens is 270 g/mol. The second-order valence-corrected chi connectivity index (χ2v) is 4.98. The Bertz CT molecular complexity index is 588. The third-order valence-corrected chi connectivity index (χ3v) is 3.00. The van der Waals surface area contributed by atoms with Crippen LogP contribution in [-0.4, -0.2) is 48.3 Å². The van der Waals surface area contributed by atoms with Gasteiger partial charge in [-0.3, -0.25) is 5.10 Å². The van der Waals surface area contributed by atoms with Crippen molar-refractivity contribution in [2.75, 3.05) is 27.2 Å². The van der Waals surface area contributed by atoms with Crippen molar-refractivity contribution in [2.45, 2.75) is 13.5 Å². The Morgan fingerprint density at radius 3 is 2.86 bits per heavy atom. The van der Waals surface area contributed by atoms with Crippen molar-refractivity contribution in [1.29, 1.82) is 0 Å². The Labute approximate surface area is 123 Å². The Hall–Kier alpha value is -2.28. The summed E-state index contributed by atoms with van der Waals surface area (Å²) in [4.78, 5) is 12.8. The topological polar surface area (TPSA) is 86.2 Å². The first-order chi connectivity index (χ1) is 10.1. The van der Waals surface area contributed by atoms with Crippen molar-refractivity contribution in [3.05, 3.63) is 29.7 Å². The average molecular weight is 291 g/mol. The molecule has 7 nitrogen and oxygen atoms in total. The fourth-order valence-corrected chi connectivity index (χ4v) is 1.87. The molecule has 0 saturated heterocycles. The molecule has 2 heterocycles. The highest BCUT2D eigenvalue weighted by Crippen LogP contribution is 2.22. The maximum absolute atomic E-state index is 11.3. The number of carbonyl (C=O) groups excluding carboxylic acids is 1. The van der Waals surface area contributed by atoms with Gasteiger partial charge in [-0.25, -0.2) is 4.79 Å². The normalized spacial score (nSPS) is 10.6. The van der Waals surface area contributed by atoms with Crippen molar-refractivity contribution in [2.24, 2.45) is 0 Å². The highest BCUT2D eigenvalue weighted by molar-refractivity contribution is 5.73. The monoisotopic (exact) mass is 291 g/mol. The predicted octanol–water partition coefficient (Wildman–Crippen LogP) is 1.34. The maximum atomic E-state index is 11.3. The van der Waals surface area contributed by atoms with Gasteiger partial charge in [-0.05, 0) is 19.1 Å². The number of H-pyrrole nitrogens is 1. The molecule has 0 bridgehead atoms. The van der Waals surface area contributed by atoms with Crippen LogP contribution in [0.5, 0.6) is 0 Å². The van der Waals surface area contributed by atoms with Gasteiger partial charge < -0.3 is 20.0 Å². The summed E-state index contributed by atoms with van der Waals surface area (Å²) in [5, 5.41) is 13.1. The van der Waals surface area contributed by atoms with E-state index >= 15 is 0 Å². The average Bonchev–Trinajstić information content (AvgIpc) is 3.06. The number of carbonyl (C=O) groups is 1. The van der Waals surface area contributed by atoms with Crippen molar-refractivity contribution >= 4 is 6.03 Å². The first-order valence-electron chi connectivity index (χ1n) is 6.83. The zero-order valence-corrected chi connectivity index (χ0v) is 12.6. The van der Waals surface area contributed by atoms with Gasteiger partial charge in [0.2, 0.25) is 0 Å². The van der Waals surface area contributed by atoms with E-state index in [0.717, 1.165) is 22.8 Å². The van der Waals surface area contributed by atoms with Crippen molar-refractivity contribution < 1.29 is 9.21 Å². The summed E-state index contributed by atoms with van der Waals surface area (Å²) in [6.45, 7) is 3.82. The van der Waals surface area contributed by atoms with E-state index in [2.05, 4.69) is 20.8 Å². The second-order valence-electron chi connectivity index (χ2n) is 4.98. The van der Waals surface area contributed by atoms with E-state index in [-0.39, 0.29) is 6.03 Å². The molecule has 0 aliphatic carbocycles. The van der Waals surface area contributed by atoms with Gasteiger partial charge in [0.05, 0.1) is 6.20 Å². The molecule has 0 aliphatic rings. The van der Waals surface area contributed by atoms with Gasteiger partial charge in [0.1, 0.15) is 11.5 Å². The molecule has 2 aromatic rings. The smallest absolute Gasteiger partial charge is 0.316 e. The molecule has 0 aromatic carbocycles. The highest BCUT2D eigenvalue weighted by atomic mass is 16.3. The van der Waals surface area contributed by atoms with Gasteiger partial charge >= 0.3 is 6.03 Å². The molecule has 2 amide bonds. The van der Waals surface area contributed by atoms with Crippen LogP contribution in [0.2, 0.25) is 0 Å². The summed E-state index contributed by atoms with van der Waals surface area (Å²) in [7, 11) is 3.43. The molecule has 0 spiro atoms. The summed E-state index contributed by atoms with van der Waals surface area (Å²) in [5.41, 5.74) is 1.91. The quantitative estimate of drug-likeness (QED) is 0.701. The van der Waals surface area contributed by atoms with Gasteiger partial charge in [0, 0.05) is 39.3 Å². The lowest BCUT2D eigenvalue weighted by Crippen LogP contribution is -2.38. The SMILES string of the molecule is Cc1ccc(-c2[nH]ncc2CNCCNC(=O)N(C)C)o1. The lowest BCUT2D eigenvalue weighted by atomic mass is 10.2. The summed E-state index contributed by atoms with van der Waals surface area (Å²) in [6, 6.07) is 3.75. The molecule has 0 saturated carbocycles. The van der Waals surface area contributed by atoms with E-state index in [4.69, 9.17) is 4.42 Å². The van der Waals surface area contributed by atoms with E-state index in [0.29, 0.717) is 19.6 Å². The first kappa shape index (κ1) is 15.1. The van der Waals surface area contributed by atoms with Gasteiger partial charge in [-0.1, -0.05) is 0 Å². The molecule has 2 rings (SSSR count). The maximum Gasteiger partial charge on any atom is 0.316 e. The summed E-state index contributed by atoms with van der Waals surface area (Å²) in [5.74, 6) is 1.65. The van der Waals surface area contributed by atoms with Crippen LogP contribution in [0.4, 0.5) is 4.79 Å². The standard InChI is InChI=1S/C14H21N5O2/c1-10-4-5-12(21-10)13-11(9-17-18-13)8-15-6-7-16-14(20)19(2)3/h4-5,9,15H,6-8H2,1-3H3,(H,16,20)(H,17,18). The van der Waals surface area contributed by atoms with Crippen LogP contribution in [0.3, 0.4) is 0 Å². The van der Waals surface area contributed by atoms with Crippen molar-refractivity contribution in [3.63, 3.8) is 0 Å². The minimum Gasteiger partial charge on any atom is -0.460 e. The van der Waals surface area contributed by atoms with Crippen LogP contribution in [-0.2, 0) is 6.54 Å². The van der Waals surface area contributed by atoms with E-state index < -0.39 is 0 Å². The number of urea groups is 1. The summed E-state index contributed by atoms with van der Waals surface area (Å²) >= 11 is 0. The largest absolute Gasteiger partial charge is 0.460 e. The van der Waals surface area contributed by atoms with Gasteiger partial charge in [-0.2, -0.15) is 5.10 Å². The van der Waals surface area contributed by atoms with Gasteiger partial charge in [-0.15, -0.1) is 0 Å². The number of amides is 2. The van der Waals surface area contributed by atoms with Crippen LogP contribution >= 0.6 is 0 Å². The first-order valence-corrected chi connectivity index (χ1v) is 6.83. The van der Waals surface area contributed by atoms with Crippen LogP contribution in [0, 0.1) is 6.92 Å². The lowest BCUT2D eigenvalue weighted by molar-refractivity contribution is 0.217. The number of furan rings is 1. The fourth-order valence-electron chi connectivity index (χ4n) is 1.87. The van der Waals surface area contributed by atoms with E-state index in [9.17, 15) is 4.79 Å². The molecular formula is C14H21N5O2. The Morgan fingerprint density at radius 1 is 1.38 bits per heavy atom. The Kier molecular flexibility index (Phi) is 4.99. The summed E-state index contributed by atoms with van der Waals surface area (Å²) in [6.07, 6.45) is 1.78. The number of aromatic amines is 1. The number of rotatable bonds is 6. The third-order valence-electron chi connectivity index (χ3n) is 3.00. The van der Waals surface area contributed by atoms with Crippen LogP contribution in [0.25, 0.3) is 11.5 Å². The minimum absolute atomic E-state index is 0.0909. The minimum atomic E-state index is -0.0909. The van der Waals surface area contributed by atoms with E-state index in [1.54, 1.807) is 20.3 Å². The molecule has 114 valence electrons. The highest BCUT2D eigenvalue weighted by Gasteiger charge is 2.10. The molecule has 2 aromatic heterocycles. The van der Waals surface area contributed by atoms with Gasteiger partial charge in [0.25, 0.3) is 0 Å². The molecule has 21 heavy (non-hydrogen) atoms. The van der Waals surface area contributed by atoms with Gasteiger partial charge in [0.15, 0.2) is 5.76 Å². The van der Waals surface area contributed by atoms with E-state index in [1.165, 1.54) is 4.90 Å². The van der Waals surface area contributed by atoms with Crippen LogP contribution in [0.1, 0.15) is 11.3 Å². The zero-order valence-electron chi connectivity index (χ0n) is 12.6. The second kappa shape index (κ2) is 6.94. The number of hydrogen-bond acceptors (Lipinski definition) is 4. The third kappa shape index (κ3) is 4.09.